The standard InChI is InChI=1S/C13H23N3O3S/c1-13(17,10-16(2)3)9-15-20(18,19)8-11-5-4-6-12(14)7-11/h4-7,15,17H,8-10,14H2,1-3H3. The molecule has 1 aromatic carbocycles. The molecular weight excluding hydrogens is 278 g/mol. The summed E-state index contributed by atoms with van der Waals surface area (Å²) in [4.78, 5) is 1.80. The van der Waals surface area contributed by atoms with Crippen molar-refractivity contribution in [2.75, 3.05) is 32.9 Å². The van der Waals surface area contributed by atoms with Crippen LogP contribution in [0.3, 0.4) is 0 Å². The van der Waals surface area contributed by atoms with Gasteiger partial charge in [0.1, 0.15) is 0 Å². The number of benzene rings is 1. The number of sulfonamides is 1. The normalized spacial score (nSPS) is 15.2. The van der Waals surface area contributed by atoms with Crippen molar-refractivity contribution in [1.29, 1.82) is 0 Å². The van der Waals surface area contributed by atoms with Crippen molar-refractivity contribution in [1.82, 2.24) is 9.62 Å². The molecule has 114 valence electrons. The van der Waals surface area contributed by atoms with Crippen LogP contribution in [0, 0.1) is 0 Å². The number of nitrogens with zero attached hydrogens (tertiary/aromatic N) is 1. The molecule has 0 amide bonds. The topological polar surface area (TPSA) is 95.7 Å². The van der Waals surface area contributed by atoms with Crippen molar-refractivity contribution in [3.63, 3.8) is 0 Å². The molecule has 6 nitrogen and oxygen atoms in total. The lowest BCUT2D eigenvalue weighted by molar-refractivity contribution is 0.0386. The van der Waals surface area contributed by atoms with E-state index in [4.69, 9.17) is 5.73 Å². The number of anilines is 1. The van der Waals surface area contributed by atoms with E-state index in [1.54, 1.807) is 36.1 Å². The van der Waals surface area contributed by atoms with E-state index in [0.717, 1.165) is 0 Å². The molecule has 0 aromatic heterocycles. The van der Waals surface area contributed by atoms with Gasteiger partial charge in [0.25, 0.3) is 0 Å². The molecule has 0 radical (unpaired) electrons. The first-order chi connectivity index (χ1) is 9.10. The second-order valence-electron chi connectivity index (χ2n) is 5.56. The number of rotatable bonds is 7. The van der Waals surface area contributed by atoms with Crippen LogP contribution in [0.1, 0.15) is 12.5 Å². The van der Waals surface area contributed by atoms with E-state index in [-0.39, 0.29) is 12.3 Å². The molecule has 1 atom stereocenters. The number of hydrogen-bond acceptors (Lipinski definition) is 5. The van der Waals surface area contributed by atoms with Crippen LogP contribution >= 0.6 is 0 Å². The fraction of sp³-hybridized carbons (Fsp3) is 0.538. The number of nitrogens with two attached hydrogens (primary N) is 1. The summed E-state index contributed by atoms with van der Waals surface area (Å²) in [7, 11) is 0.126. The second kappa shape index (κ2) is 6.53. The van der Waals surface area contributed by atoms with Gasteiger partial charge in [-0.2, -0.15) is 0 Å². The van der Waals surface area contributed by atoms with Gasteiger partial charge in [0.15, 0.2) is 0 Å². The molecule has 0 fully saturated rings. The highest BCUT2D eigenvalue weighted by molar-refractivity contribution is 7.88. The van der Waals surface area contributed by atoms with Gasteiger partial charge in [-0.25, -0.2) is 13.1 Å². The van der Waals surface area contributed by atoms with Crippen LogP contribution in [-0.2, 0) is 15.8 Å². The molecule has 0 saturated carbocycles. The molecule has 1 rings (SSSR count). The zero-order valence-electron chi connectivity index (χ0n) is 12.1. The van der Waals surface area contributed by atoms with Gasteiger partial charge >= 0.3 is 0 Å². The largest absolute Gasteiger partial charge is 0.399 e. The average molecular weight is 301 g/mol. The quantitative estimate of drug-likeness (QED) is 0.616. The third kappa shape index (κ3) is 6.33. The summed E-state index contributed by atoms with van der Waals surface area (Å²) in [6, 6.07) is 6.73. The Balaban J connectivity index is 2.62. The van der Waals surface area contributed by atoms with Crippen molar-refractivity contribution < 1.29 is 13.5 Å². The van der Waals surface area contributed by atoms with Crippen LogP contribution in [0.15, 0.2) is 24.3 Å². The van der Waals surface area contributed by atoms with Crippen LogP contribution in [0.5, 0.6) is 0 Å². The van der Waals surface area contributed by atoms with E-state index in [1.807, 2.05) is 14.1 Å². The van der Waals surface area contributed by atoms with Crippen molar-refractivity contribution in [3.05, 3.63) is 29.8 Å². The summed E-state index contributed by atoms with van der Waals surface area (Å²) < 4.78 is 26.4. The van der Waals surface area contributed by atoms with Crippen LogP contribution in [0.25, 0.3) is 0 Å². The summed E-state index contributed by atoms with van der Waals surface area (Å²) in [5.41, 5.74) is 5.64. The predicted molar refractivity (Wildman–Crippen MR) is 80.7 cm³/mol. The highest BCUT2D eigenvalue weighted by Gasteiger charge is 2.24. The molecule has 4 N–H and O–H groups in total. The number of nitrogen functional groups attached to an aromatic ring is 1. The molecule has 0 heterocycles. The molecule has 0 aliphatic heterocycles. The lowest BCUT2D eigenvalue weighted by Gasteiger charge is -2.27. The maximum atomic E-state index is 12.0. The molecule has 1 unspecified atom stereocenters. The minimum atomic E-state index is -3.50. The fourth-order valence-electron chi connectivity index (χ4n) is 1.96. The van der Waals surface area contributed by atoms with E-state index in [2.05, 4.69) is 4.72 Å². The smallest absolute Gasteiger partial charge is 0.215 e. The zero-order valence-corrected chi connectivity index (χ0v) is 12.9. The average Bonchev–Trinajstić information content (AvgIpc) is 2.24. The second-order valence-corrected chi connectivity index (χ2v) is 7.37. The minimum Gasteiger partial charge on any atom is -0.399 e. The Morgan fingerprint density at radius 2 is 2.05 bits per heavy atom. The first-order valence-electron chi connectivity index (χ1n) is 6.28. The zero-order chi connectivity index (χ0) is 15.4. The number of nitrogens with one attached hydrogen (secondary N) is 1. The van der Waals surface area contributed by atoms with E-state index in [1.165, 1.54) is 0 Å². The molecule has 0 bridgehead atoms. The fourth-order valence-corrected chi connectivity index (χ4v) is 3.21. The number of hydrogen-bond donors (Lipinski definition) is 3. The van der Waals surface area contributed by atoms with Crippen molar-refractivity contribution in [3.8, 4) is 0 Å². The summed E-state index contributed by atoms with van der Waals surface area (Å²) in [6.07, 6.45) is 0. The first-order valence-corrected chi connectivity index (χ1v) is 7.94. The Labute approximate surface area is 120 Å². The monoisotopic (exact) mass is 301 g/mol. The summed E-state index contributed by atoms with van der Waals surface area (Å²) in [6.45, 7) is 1.93. The highest BCUT2D eigenvalue weighted by atomic mass is 32.2. The summed E-state index contributed by atoms with van der Waals surface area (Å²) >= 11 is 0. The third-order valence-electron chi connectivity index (χ3n) is 2.64. The Morgan fingerprint density at radius 1 is 1.40 bits per heavy atom. The van der Waals surface area contributed by atoms with Crippen LogP contribution in [0.4, 0.5) is 5.69 Å². The van der Waals surface area contributed by atoms with Gasteiger partial charge in [0.05, 0.1) is 11.4 Å². The maximum Gasteiger partial charge on any atom is 0.215 e. The van der Waals surface area contributed by atoms with Crippen molar-refractivity contribution in [2.45, 2.75) is 18.3 Å². The van der Waals surface area contributed by atoms with Crippen LogP contribution < -0.4 is 10.5 Å². The van der Waals surface area contributed by atoms with Gasteiger partial charge in [-0.15, -0.1) is 0 Å². The molecule has 0 aliphatic carbocycles. The third-order valence-corrected chi connectivity index (χ3v) is 3.94. The van der Waals surface area contributed by atoms with Gasteiger partial charge < -0.3 is 15.7 Å². The van der Waals surface area contributed by atoms with Gasteiger partial charge in [-0.3, -0.25) is 0 Å². The molecule has 0 spiro atoms. The van der Waals surface area contributed by atoms with Crippen LogP contribution in [-0.4, -0.2) is 51.2 Å². The van der Waals surface area contributed by atoms with E-state index < -0.39 is 15.6 Å². The summed E-state index contributed by atoms with van der Waals surface area (Å²) in [5, 5.41) is 10.1. The highest BCUT2D eigenvalue weighted by Crippen LogP contribution is 2.10. The van der Waals surface area contributed by atoms with E-state index in [0.29, 0.717) is 17.8 Å². The molecule has 20 heavy (non-hydrogen) atoms. The van der Waals surface area contributed by atoms with E-state index in [9.17, 15) is 13.5 Å². The minimum absolute atomic E-state index is 0.0319. The van der Waals surface area contributed by atoms with Gasteiger partial charge in [-0.1, -0.05) is 12.1 Å². The molecule has 0 saturated heterocycles. The molecular formula is C13H23N3O3S. The van der Waals surface area contributed by atoms with Crippen molar-refractivity contribution >= 4 is 15.7 Å². The van der Waals surface area contributed by atoms with Crippen LogP contribution in [0.2, 0.25) is 0 Å². The van der Waals surface area contributed by atoms with E-state index >= 15 is 0 Å². The Morgan fingerprint density at radius 3 is 2.60 bits per heavy atom. The maximum absolute atomic E-state index is 12.0. The van der Waals surface area contributed by atoms with Gasteiger partial charge in [0.2, 0.25) is 10.0 Å². The Hall–Kier alpha value is -1.15. The van der Waals surface area contributed by atoms with Crippen molar-refractivity contribution in [2.24, 2.45) is 0 Å². The van der Waals surface area contributed by atoms with Gasteiger partial charge in [0, 0.05) is 18.8 Å². The molecule has 1 aromatic rings. The molecule has 0 aliphatic rings. The SMILES string of the molecule is CN(C)CC(C)(O)CNS(=O)(=O)Cc1cccc(N)c1. The summed E-state index contributed by atoms with van der Waals surface area (Å²) in [5.74, 6) is -0.157. The number of likely N-dealkylation sites (N-methyl/N-ethyl adjacent to an activating group) is 1. The number of aliphatic hydroxyl groups is 1. The van der Waals surface area contributed by atoms with Gasteiger partial charge in [-0.05, 0) is 38.7 Å². The Bertz CT molecular complexity index is 542. The first kappa shape index (κ1) is 16.9. The predicted octanol–water partition coefficient (Wildman–Crippen LogP) is 0.000800. The lowest BCUT2D eigenvalue weighted by Crippen LogP contribution is -2.47. The lowest BCUT2D eigenvalue weighted by atomic mass is 10.1. The Kier molecular flexibility index (Phi) is 5.52. The molecule has 7 heteroatoms.